The summed E-state index contributed by atoms with van der Waals surface area (Å²) in [6.45, 7) is 5.91. The average Bonchev–Trinajstić information content (AvgIpc) is 3.00. The molecule has 1 N–H and O–H groups in total. The van der Waals surface area contributed by atoms with Gasteiger partial charge in [-0.15, -0.1) is 0 Å². The van der Waals surface area contributed by atoms with Gasteiger partial charge in [-0.25, -0.2) is 4.98 Å². The van der Waals surface area contributed by atoms with Gasteiger partial charge in [-0.2, -0.15) is 13.2 Å². The van der Waals surface area contributed by atoms with Crippen molar-refractivity contribution in [3.8, 4) is 11.1 Å². The molecule has 2 aliphatic heterocycles. The second-order valence-corrected chi connectivity index (χ2v) is 11.4. The Labute approximate surface area is 253 Å². The quantitative estimate of drug-likeness (QED) is 0.262. The van der Waals surface area contributed by atoms with E-state index in [1.807, 2.05) is 40.1 Å². The van der Waals surface area contributed by atoms with Crippen molar-refractivity contribution in [2.75, 3.05) is 54.4 Å². The number of nitrogens with zero attached hydrogens (tertiary/aromatic N) is 4. The lowest BCUT2D eigenvalue weighted by Gasteiger charge is -2.36. The van der Waals surface area contributed by atoms with E-state index in [2.05, 4.69) is 46.4 Å². The Balaban J connectivity index is 1.21. The highest BCUT2D eigenvalue weighted by Gasteiger charge is 2.34. The first-order chi connectivity index (χ1) is 20.7. The van der Waals surface area contributed by atoms with E-state index in [0.717, 1.165) is 30.3 Å². The minimum Gasteiger partial charge on any atom is -0.368 e. The van der Waals surface area contributed by atoms with E-state index >= 15 is 0 Å². The predicted octanol–water partition coefficient (Wildman–Crippen LogP) is 7.12. The summed E-state index contributed by atoms with van der Waals surface area (Å²) < 4.78 is 41.2. The summed E-state index contributed by atoms with van der Waals surface area (Å²) in [5.41, 5.74) is 4.64. The van der Waals surface area contributed by atoms with E-state index in [4.69, 9.17) is 11.6 Å². The molecule has 0 saturated carbocycles. The highest BCUT2D eigenvalue weighted by Crippen LogP contribution is 2.37. The number of alkyl halides is 3. The maximum absolute atomic E-state index is 13.7. The molecule has 0 aliphatic carbocycles. The maximum atomic E-state index is 13.7. The molecular formula is C33H31ClF3N5O. The van der Waals surface area contributed by atoms with Crippen LogP contribution in [0.2, 0.25) is 5.02 Å². The van der Waals surface area contributed by atoms with E-state index < -0.39 is 11.7 Å². The molecule has 6 nitrogen and oxygen atoms in total. The number of nitrogens with one attached hydrogen (secondary N) is 1. The van der Waals surface area contributed by atoms with Crippen molar-refractivity contribution in [2.24, 2.45) is 0 Å². The Bertz CT molecular complexity index is 1650. The van der Waals surface area contributed by atoms with Gasteiger partial charge in [0, 0.05) is 73.8 Å². The molecule has 0 spiro atoms. The van der Waals surface area contributed by atoms with Crippen molar-refractivity contribution in [3.63, 3.8) is 0 Å². The molecule has 222 valence electrons. The van der Waals surface area contributed by atoms with Crippen LogP contribution in [0.25, 0.3) is 11.1 Å². The average molecular weight is 606 g/mol. The van der Waals surface area contributed by atoms with Crippen molar-refractivity contribution < 1.29 is 18.0 Å². The summed E-state index contributed by atoms with van der Waals surface area (Å²) in [4.78, 5) is 24.1. The lowest BCUT2D eigenvalue weighted by molar-refractivity contribution is -0.138. The number of carbonyl (C=O) groups is 1. The monoisotopic (exact) mass is 605 g/mol. The van der Waals surface area contributed by atoms with Crippen molar-refractivity contribution in [1.82, 2.24) is 9.88 Å². The maximum Gasteiger partial charge on any atom is 0.416 e. The first-order valence-corrected chi connectivity index (χ1v) is 14.6. The van der Waals surface area contributed by atoms with E-state index in [0.29, 0.717) is 43.2 Å². The molecule has 3 heterocycles. The number of fused-ring (bicyclic) bond motifs is 1. The van der Waals surface area contributed by atoms with Crippen LogP contribution in [0.5, 0.6) is 0 Å². The van der Waals surface area contributed by atoms with Gasteiger partial charge in [0.1, 0.15) is 5.82 Å². The summed E-state index contributed by atoms with van der Waals surface area (Å²) in [5, 5.41) is 3.49. The SMILES string of the molecule is Cc1cccc(N2CCN(C(=O)c3cccc(-c4cnc5c(c4)N(Cc4cc(Cl)ccc4C(F)(F)F)CCN5)c3)CC2)c1. The van der Waals surface area contributed by atoms with Crippen LogP contribution in [0.15, 0.2) is 79.0 Å². The lowest BCUT2D eigenvalue weighted by Crippen LogP contribution is -2.48. The van der Waals surface area contributed by atoms with E-state index in [9.17, 15) is 18.0 Å². The second-order valence-electron chi connectivity index (χ2n) is 10.9. The minimum atomic E-state index is -4.49. The smallest absolute Gasteiger partial charge is 0.368 e. The van der Waals surface area contributed by atoms with Crippen molar-refractivity contribution in [3.05, 3.63) is 106 Å². The standard InChI is InChI=1S/C33H31ClF3N5O/c1-22-4-2-7-28(16-22)40-12-14-41(15-13-40)32(43)24-6-3-5-23(17-24)25-19-30-31(39-20-25)38-10-11-42(30)21-26-18-27(34)8-9-29(26)33(35,36)37/h2-9,16-20H,10-15,21H2,1H3,(H,38,39). The van der Waals surface area contributed by atoms with Crippen LogP contribution < -0.4 is 15.1 Å². The number of hydrogen-bond donors (Lipinski definition) is 1. The summed E-state index contributed by atoms with van der Waals surface area (Å²) in [5.74, 6) is 0.574. The molecule has 0 bridgehead atoms. The van der Waals surface area contributed by atoms with Gasteiger partial charge in [0.25, 0.3) is 5.91 Å². The fourth-order valence-electron chi connectivity index (χ4n) is 5.76. The molecule has 4 aromatic rings. The molecule has 6 rings (SSSR count). The number of pyridine rings is 1. The van der Waals surface area contributed by atoms with Gasteiger partial charge in [-0.05, 0) is 72.1 Å². The molecule has 0 atom stereocenters. The molecular weight excluding hydrogens is 575 g/mol. The number of aromatic nitrogens is 1. The lowest BCUT2D eigenvalue weighted by atomic mass is 10.0. The van der Waals surface area contributed by atoms with Gasteiger partial charge in [0.2, 0.25) is 0 Å². The molecule has 3 aromatic carbocycles. The number of piperazine rings is 1. The fraction of sp³-hybridized carbons (Fsp3) is 0.273. The Morgan fingerprint density at radius 1 is 0.930 bits per heavy atom. The van der Waals surface area contributed by atoms with Crippen molar-refractivity contribution >= 4 is 34.7 Å². The highest BCUT2D eigenvalue weighted by molar-refractivity contribution is 6.30. The topological polar surface area (TPSA) is 51.7 Å². The van der Waals surface area contributed by atoms with Gasteiger partial charge in [-0.3, -0.25) is 4.79 Å². The van der Waals surface area contributed by atoms with Crippen LogP contribution in [-0.2, 0) is 12.7 Å². The van der Waals surface area contributed by atoms with Crippen LogP contribution in [0, 0.1) is 6.92 Å². The number of halogens is 4. The van der Waals surface area contributed by atoms with Gasteiger partial charge >= 0.3 is 6.18 Å². The molecule has 43 heavy (non-hydrogen) atoms. The molecule has 1 aromatic heterocycles. The summed E-state index contributed by atoms with van der Waals surface area (Å²) in [6.07, 6.45) is -2.77. The molecule has 1 fully saturated rings. The third-order valence-corrected chi connectivity index (χ3v) is 8.23. The van der Waals surface area contributed by atoms with E-state index in [-0.39, 0.29) is 23.0 Å². The number of rotatable bonds is 5. The first-order valence-electron chi connectivity index (χ1n) is 14.2. The Morgan fingerprint density at radius 3 is 2.49 bits per heavy atom. The summed E-state index contributed by atoms with van der Waals surface area (Å²) in [6, 6.07) is 21.4. The van der Waals surface area contributed by atoms with E-state index in [1.54, 1.807) is 6.20 Å². The van der Waals surface area contributed by atoms with Gasteiger partial charge in [0.05, 0.1) is 11.3 Å². The number of amides is 1. The minimum absolute atomic E-state index is 0.0272. The van der Waals surface area contributed by atoms with Gasteiger partial charge < -0.3 is 20.0 Å². The molecule has 10 heteroatoms. The van der Waals surface area contributed by atoms with Gasteiger partial charge in [-0.1, -0.05) is 35.9 Å². The predicted molar refractivity (Wildman–Crippen MR) is 165 cm³/mol. The molecule has 0 unspecified atom stereocenters. The van der Waals surface area contributed by atoms with Crippen LogP contribution in [0.3, 0.4) is 0 Å². The zero-order chi connectivity index (χ0) is 30.1. The molecule has 0 radical (unpaired) electrons. The van der Waals surface area contributed by atoms with Crippen molar-refractivity contribution in [2.45, 2.75) is 19.6 Å². The number of aryl methyl sites for hydroxylation is 1. The fourth-order valence-corrected chi connectivity index (χ4v) is 5.96. The third kappa shape index (κ3) is 6.27. The van der Waals surface area contributed by atoms with Crippen LogP contribution in [0.1, 0.15) is 27.0 Å². The number of benzene rings is 3. The van der Waals surface area contributed by atoms with Crippen LogP contribution in [-0.4, -0.2) is 55.1 Å². The number of carbonyl (C=O) groups excluding carboxylic acids is 1. The molecule has 1 saturated heterocycles. The second kappa shape index (κ2) is 11.8. The number of hydrogen-bond acceptors (Lipinski definition) is 5. The summed E-state index contributed by atoms with van der Waals surface area (Å²) >= 11 is 6.08. The third-order valence-electron chi connectivity index (χ3n) is 7.99. The highest BCUT2D eigenvalue weighted by atomic mass is 35.5. The number of anilines is 3. The zero-order valence-electron chi connectivity index (χ0n) is 23.7. The van der Waals surface area contributed by atoms with Crippen LogP contribution in [0.4, 0.5) is 30.4 Å². The van der Waals surface area contributed by atoms with Crippen LogP contribution >= 0.6 is 11.6 Å². The Morgan fingerprint density at radius 2 is 1.72 bits per heavy atom. The zero-order valence-corrected chi connectivity index (χ0v) is 24.4. The molecule has 2 aliphatic rings. The van der Waals surface area contributed by atoms with Crippen molar-refractivity contribution in [1.29, 1.82) is 0 Å². The molecule has 1 amide bonds. The Kier molecular flexibility index (Phi) is 7.92. The summed E-state index contributed by atoms with van der Waals surface area (Å²) in [7, 11) is 0. The normalized spacial score (nSPS) is 15.2. The first kappa shape index (κ1) is 28.9. The van der Waals surface area contributed by atoms with E-state index in [1.165, 1.54) is 23.4 Å². The largest absolute Gasteiger partial charge is 0.416 e. The van der Waals surface area contributed by atoms with Gasteiger partial charge in [0.15, 0.2) is 0 Å². The Hall–Kier alpha value is -4.24.